The van der Waals surface area contributed by atoms with Crippen LogP contribution < -0.4 is 143 Å². The fourth-order valence-electron chi connectivity index (χ4n) is 0. The predicted molar refractivity (Wildman–Crippen MR) is 18.6 cm³/mol. The molecule has 0 spiro atoms. The normalized spacial score (nSPS) is 9.11. The number of carbonyl (C=O) groups excluding carboxylic acids is 1. The third-order valence-corrected chi connectivity index (χ3v) is 0.341. The first-order valence-corrected chi connectivity index (χ1v) is 1.53. The van der Waals surface area contributed by atoms with E-state index in [2.05, 4.69) is 0 Å². The molecule has 0 saturated heterocycles. The van der Waals surface area contributed by atoms with Gasteiger partial charge in [0.15, 0.2) is 0 Å². The molecule has 0 bridgehead atoms. The third-order valence-electron chi connectivity index (χ3n) is 0.341. The molecule has 0 amide bonds. The zero-order valence-corrected chi connectivity index (χ0v) is 18.3. The number of aliphatic carboxylic acids is 1. The van der Waals surface area contributed by atoms with Gasteiger partial charge in [-0.3, -0.25) is 0 Å². The van der Waals surface area contributed by atoms with Crippen LogP contribution in [-0.4, -0.2) is 22.7 Å². The van der Waals surface area contributed by atoms with E-state index in [-0.39, 0.29) is 143 Å². The van der Waals surface area contributed by atoms with Crippen LogP contribution in [0.4, 0.5) is 0 Å². The van der Waals surface area contributed by atoms with E-state index in [1.54, 1.807) is 0 Å². The molecule has 0 heterocycles. The van der Waals surface area contributed by atoms with E-state index in [1.165, 1.54) is 0 Å². The predicted octanol–water partition coefficient (Wildman–Crippen LogP) is -8.05. The second-order valence-corrected chi connectivity index (χ2v) is 0.995. The summed E-state index contributed by atoms with van der Waals surface area (Å²) in [6, 6.07) is 0. The topological polar surface area (TPSA) is 90.4 Å². The Hall–Kier alpha value is 3.49. The molecule has 0 aliphatic carbocycles. The van der Waals surface area contributed by atoms with E-state index in [9.17, 15) is 9.90 Å². The molecule has 0 rings (SSSR count). The average molecular weight is 372 g/mol. The van der Waals surface area contributed by atoms with E-state index < -0.39 is 12.1 Å². The molecule has 44 valence electrons. The van der Waals surface area contributed by atoms with Crippen molar-refractivity contribution in [1.29, 1.82) is 0 Å². The standard InChI is InChI=1S/C3H6O3.2Cs.H2O/c1-2(4)3(5)6;;;/h2,4H,1H3,(H,5,6);;;1H2/q;2*+1;/p-2. The number of aliphatic hydroxyl groups excluding tert-OH is 1. The molecule has 6 heteroatoms. The van der Waals surface area contributed by atoms with Gasteiger partial charge < -0.3 is 20.5 Å². The first kappa shape index (κ1) is 22.9. The van der Waals surface area contributed by atoms with Crippen molar-refractivity contribution in [3.05, 3.63) is 0 Å². The minimum atomic E-state index is -1.44. The van der Waals surface area contributed by atoms with Crippen LogP contribution in [0.2, 0.25) is 0 Å². The van der Waals surface area contributed by atoms with Crippen molar-refractivity contribution in [2.24, 2.45) is 0 Å². The molecular weight excluding hydrogens is 366 g/mol. The molecular formula is C3H6Cs2O4. The van der Waals surface area contributed by atoms with Crippen molar-refractivity contribution >= 4 is 5.97 Å². The molecule has 0 radical (unpaired) electrons. The quantitative estimate of drug-likeness (QED) is 0.496. The third kappa shape index (κ3) is 18.4. The number of carboxylic acid groups (broad SMARTS) is 1. The van der Waals surface area contributed by atoms with Crippen LogP contribution in [0.5, 0.6) is 0 Å². The van der Waals surface area contributed by atoms with Crippen molar-refractivity contribution in [3.63, 3.8) is 0 Å². The van der Waals surface area contributed by atoms with Crippen molar-refractivity contribution in [1.82, 2.24) is 0 Å². The summed E-state index contributed by atoms with van der Waals surface area (Å²) in [6.07, 6.45) is -1.34. The van der Waals surface area contributed by atoms with E-state index in [0.717, 1.165) is 6.92 Å². The fourth-order valence-corrected chi connectivity index (χ4v) is 0. The van der Waals surface area contributed by atoms with Gasteiger partial charge >= 0.3 is 138 Å². The summed E-state index contributed by atoms with van der Waals surface area (Å²) in [5.74, 6) is -1.44. The minimum Gasteiger partial charge on any atom is -0.870 e. The van der Waals surface area contributed by atoms with Gasteiger partial charge in [-0.25, -0.2) is 0 Å². The maximum atomic E-state index is 9.34. The Labute approximate surface area is 171 Å². The summed E-state index contributed by atoms with van der Waals surface area (Å²) < 4.78 is 0. The first-order valence-electron chi connectivity index (χ1n) is 1.53. The molecule has 0 aromatic heterocycles. The van der Waals surface area contributed by atoms with Crippen molar-refractivity contribution in [2.75, 3.05) is 0 Å². The number of hydrogen-bond acceptors (Lipinski definition) is 4. The molecule has 0 aromatic rings. The van der Waals surface area contributed by atoms with E-state index in [4.69, 9.17) is 5.11 Å². The second-order valence-electron chi connectivity index (χ2n) is 0.995. The number of aliphatic hydroxyl groups is 1. The summed E-state index contributed by atoms with van der Waals surface area (Å²) in [4.78, 5) is 9.34. The fraction of sp³-hybridized carbons (Fsp3) is 0.667. The molecule has 1 unspecified atom stereocenters. The van der Waals surface area contributed by atoms with Crippen LogP contribution in [-0.2, 0) is 4.79 Å². The van der Waals surface area contributed by atoms with Gasteiger partial charge in [0.25, 0.3) is 0 Å². The summed E-state index contributed by atoms with van der Waals surface area (Å²) in [5, 5.41) is 17.3. The maximum Gasteiger partial charge on any atom is 1.00 e. The van der Waals surface area contributed by atoms with E-state index in [1.807, 2.05) is 0 Å². The Kier molecular flexibility index (Phi) is 35.7. The van der Waals surface area contributed by atoms with Gasteiger partial charge in [0, 0.05) is 0 Å². The molecule has 0 aromatic carbocycles. The molecule has 0 saturated carbocycles. The summed E-state index contributed by atoms with van der Waals surface area (Å²) >= 11 is 0. The summed E-state index contributed by atoms with van der Waals surface area (Å²) in [6.45, 7) is 1.13. The van der Waals surface area contributed by atoms with Crippen LogP contribution in [0.15, 0.2) is 0 Å². The van der Waals surface area contributed by atoms with Crippen LogP contribution in [0.25, 0.3) is 0 Å². The van der Waals surface area contributed by atoms with Gasteiger partial charge in [0.05, 0.1) is 12.1 Å². The SMILES string of the molecule is CC(O)C(=O)[O-].[Cs+].[Cs+].[OH-]. The monoisotopic (exact) mass is 372 g/mol. The maximum absolute atomic E-state index is 9.34. The second kappa shape index (κ2) is 14.0. The molecule has 4 nitrogen and oxygen atoms in total. The Bertz CT molecular complexity index is 64.8. The molecule has 9 heavy (non-hydrogen) atoms. The van der Waals surface area contributed by atoms with Gasteiger partial charge in [-0.05, 0) is 6.92 Å². The first-order chi connectivity index (χ1) is 2.64. The van der Waals surface area contributed by atoms with Crippen molar-refractivity contribution in [2.45, 2.75) is 13.0 Å². The largest absolute Gasteiger partial charge is 1.00 e. The zero-order chi connectivity index (χ0) is 5.15. The molecule has 0 aliphatic rings. The van der Waals surface area contributed by atoms with Gasteiger partial charge in [-0.15, -0.1) is 0 Å². The number of carbonyl (C=O) groups is 1. The Morgan fingerprint density at radius 3 is 1.67 bits per heavy atom. The van der Waals surface area contributed by atoms with Crippen LogP contribution in [0.3, 0.4) is 0 Å². The summed E-state index contributed by atoms with van der Waals surface area (Å²) in [7, 11) is 0. The Balaban J connectivity index is -0.0000000417. The van der Waals surface area contributed by atoms with Crippen molar-refractivity contribution < 1.29 is 158 Å². The molecule has 0 aliphatic heterocycles. The zero-order valence-electron chi connectivity index (χ0n) is 5.79. The van der Waals surface area contributed by atoms with Gasteiger partial charge in [0.2, 0.25) is 0 Å². The Morgan fingerprint density at radius 2 is 1.67 bits per heavy atom. The Morgan fingerprint density at radius 1 is 1.56 bits per heavy atom. The molecule has 1 atom stereocenters. The van der Waals surface area contributed by atoms with Gasteiger partial charge in [-0.2, -0.15) is 0 Å². The van der Waals surface area contributed by atoms with Gasteiger partial charge in [0.1, 0.15) is 0 Å². The van der Waals surface area contributed by atoms with Gasteiger partial charge in [-0.1, -0.05) is 0 Å². The number of hydrogen-bond donors (Lipinski definition) is 1. The molecule has 0 fully saturated rings. The summed E-state index contributed by atoms with van der Waals surface area (Å²) in [5.41, 5.74) is 0. The number of carboxylic acids is 1. The average Bonchev–Trinajstić information content (AvgIpc) is 1.36. The van der Waals surface area contributed by atoms with Crippen LogP contribution >= 0.6 is 0 Å². The number of rotatable bonds is 1. The minimum absolute atomic E-state index is 0. The van der Waals surface area contributed by atoms with Crippen molar-refractivity contribution in [3.8, 4) is 0 Å². The van der Waals surface area contributed by atoms with Crippen LogP contribution in [0, 0.1) is 0 Å². The molecule has 2 N–H and O–H groups in total. The smallest absolute Gasteiger partial charge is 0.870 e. The van der Waals surface area contributed by atoms with Crippen LogP contribution in [0.1, 0.15) is 6.92 Å². The van der Waals surface area contributed by atoms with E-state index >= 15 is 0 Å². The van der Waals surface area contributed by atoms with E-state index in [0.29, 0.717) is 0 Å².